The number of aromatic hydroxyl groups is 1. The third-order valence-electron chi connectivity index (χ3n) is 2.07. The molecular weight excluding hydrogens is 234 g/mol. The van der Waals surface area contributed by atoms with Crippen LogP contribution in [-0.4, -0.2) is 16.7 Å². The van der Waals surface area contributed by atoms with E-state index in [2.05, 4.69) is 4.98 Å². The van der Waals surface area contributed by atoms with Gasteiger partial charge in [0.2, 0.25) is 0 Å². The number of benzene rings is 1. The Hall–Kier alpha value is -1.68. The molecule has 0 bridgehead atoms. The topological polar surface area (TPSA) is 42.4 Å². The zero-order valence-corrected chi connectivity index (χ0v) is 10.3. The normalized spacial score (nSPS) is 10.2. The third kappa shape index (κ3) is 3.14. The maximum atomic E-state index is 9.40. The Labute approximate surface area is 104 Å². The molecule has 0 aliphatic carbocycles. The van der Waals surface area contributed by atoms with Gasteiger partial charge in [-0.05, 0) is 37.3 Å². The Bertz CT molecular complexity index is 502. The molecule has 2 aromatic rings. The molecule has 0 aliphatic heterocycles. The van der Waals surface area contributed by atoms with Gasteiger partial charge in [-0.1, -0.05) is 17.8 Å². The first-order chi connectivity index (χ1) is 8.29. The number of ether oxygens (including phenoxy) is 1. The molecule has 0 spiro atoms. The van der Waals surface area contributed by atoms with E-state index in [-0.39, 0.29) is 5.75 Å². The Morgan fingerprint density at radius 3 is 2.94 bits per heavy atom. The summed E-state index contributed by atoms with van der Waals surface area (Å²) in [5.41, 5.74) is 0. The Balaban J connectivity index is 2.23. The molecule has 0 saturated heterocycles. The minimum Gasteiger partial charge on any atom is -0.508 e. The van der Waals surface area contributed by atoms with E-state index < -0.39 is 0 Å². The largest absolute Gasteiger partial charge is 0.508 e. The summed E-state index contributed by atoms with van der Waals surface area (Å²) in [5.74, 6) is 1.02. The van der Waals surface area contributed by atoms with Crippen LogP contribution in [0.2, 0.25) is 0 Å². The van der Waals surface area contributed by atoms with Gasteiger partial charge >= 0.3 is 0 Å². The number of hydrogen-bond acceptors (Lipinski definition) is 4. The number of rotatable bonds is 4. The molecule has 0 atom stereocenters. The molecule has 0 amide bonds. The molecule has 3 nitrogen and oxygen atoms in total. The van der Waals surface area contributed by atoms with Crippen molar-refractivity contribution in [2.45, 2.75) is 16.8 Å². The first-order valence-corrected chi connectivity index (χ1v) is 6.16. The van der Waals surface area contributed by atoms with E-state index in [1.165, 1.54) is 11.8 Å². The van der Waals surface area contributed by atoms with E-state index in [0.29, 0.717) is 6.61 Å². The van der Waals surface area contributed by atoms with Crippen molar-refractivity contribution >= 4 is 11.8 Å². The number of pyridine rings is 1. The fourth-order valence-corrected chi connectivity index (χ4v) is 2.27. The minimum atomic E-state index is 0.254. The predicted octanol–water partition coefficient (Wildman–Crippen LogP) is 3.34. The van der Waals surface area contributed by atoms with Crippen LogP contribution in [0.5, 0.6) is 11.5 Å². The lowest BCUT2D eigenvalue weighted by molar-refractivity contribution is 0.329. The molecule has 1 aromatic heterocycles. The highest BCUT2D eigenvalue weighted by Crippen LogP contribution is 2.33. The number of phenolic OH excluding ortho intramolecular Hbond substituents is 1. The molecular formula is C13H13NO2S. The number of phenols is 1. The lowest BCUT2D eigenvalue weighted by Crippen LogP contribution is -1.94. The summed E-state index contributed by atoms with van der Waals surface area (Å²) >= 11 is 1.47. The zero-order chi connectivity index (χ0) is 12.1. The minimum absolute atomic E-state index is 0.254. The van der Waals surface area contributed by atoms with Crippen molar-refractivity contribution < 1.29 is 9.84 Å². The smallest absolute Gasteiger partial charge is 0.151 e. The van der Waals surface area contributed by atoms with Gasteiger partial charge in [0.15, 0.2) is 5.75 Å². The Morgan fingerprint density at radius 1 is 1.29 bits per heavy atom. The van der Waals surface area contributed by atoms with Gasteiger partial charge < -0.3 is 9.84 Å². The van der Waals surface area contributed by atoms with Crippen LogP contribution in [0.4, 0.5) is 0 Å². The summed E-state index contributed by atoms with van der Waals surface area (Å²) in [6.45, 7) is 2.55. The fraction of sp³-hybridized carbons (Fsp3) is 0.154. The maximum Gasteiger partial charge on any atom is 0.151 e. The summed E-state index contributed by atoms with van der Waals surface area (Å²) in [5, 5.41) is 10.2. The van der Waals surface area contributed by atoms with Crippen LogP contribution >= 0.6 is 11.8 Å². The van der Waals surface area contributed by atoms with E-state index in [4.69, 9.17) is 4.74 Å². The average Bonchev–Trinajstić information content (AvgIpc) is 2.32. The van der Waals surface area contributed by atoms with Crippen molar-refractivity contribution in [3.8, 4) is 11.5 Å². The molecule has 0 saturated carbocycles. The van der Waals surface area contributed by atoms with Gasteiger partial charge in [0.05, 0.1) is 6.61 Å². The molecule has 0 aliphatic rings. The number of aromatic nitrogens is 1. The van der Waals surface area contributed by atoms with Gasteiger partial charge in [-0.2, -0.15) is 0 Å². The highest BCUT2D eigenvalue weighted by Gasteiger charge is 2.06. The third-order valence-corrected chi connectivity index (χ3v) is 3.06. The van der Waals surface area contributed by atoms with E-state index >= 15 is 0 Å². The van der Waals surface area contributed by atoms with Crippen molar-refractivity contribution in [3.63, 3.8) is 0 Å². The molecule has 1 heterocycles. The number of hydrogen-bond donors (Lipinski definition) is 1. The van der Waals surface area contributed by atoms with Crippen LogP contribution in [0.1, 0.15) is 6.92 Å². The molecule has 2 rings (SSSR count). The summed E-state index contributed by atoms with van der Waals surface area (Å²) in [6, 6.07) is 10.8. The lowest BCUT2D eigenvalue weighted by Gasteiger charge is -2.08. The Morgan fingerprint density at radius 2 is 2.18 bits per heavy atom. The second kappa shape index (κ2) is 5.59. The van der Waals surface area contributed by atoms with Gasteiger partial charge in [0, 0.05) is 11.1 Å². The van der Waals surface area contributed by atoms with E-state index in [9.17, 15) is 5.11 Å². The predicted molar refractivity (Wildman–Crippen MR) is 67.6 cm³/mol. The van der Waals surface area contributed by atoms with E-state index in [1.807, 2.05) is 25.1 Å². The standard InChI is InChI=1S/C13H13NO2S/c1-2-16-12-7-4-8-14-13(12)17-11-6-3-5-10(15)9-11/h3-9,15H,2H2,1H3. The van der Waals surface area contributed by atoms with Crippen molar-refractivity contribution in [1.29, 1.82) is 0 Å². The van der Waals surface area contributed by atoms with Crippen LogP contribution in [0.25, 0.3) is 0 Å². The van der Waals surface area contributed by atoms with E-state index in [0.717, 1.165) is 15.7 Å². The molecule has 88 valence electrons. The van der Waals surface area contributed by atoms with Gasteiger partial charge in [-0.3, -0.25) is 0 Å². The summed E-state index contributed by atoms with van der Waals surface area (Å²) in [6.07, 6.45) is 1.73. The zero-order valence-electron chi connectivity index (χ0n) is 9.46. The SMILES string of the molecule is CCOc1cccnc1Sc1cccc(O)c1. The Kier molecular flexibility index (Phi) is 3.88. The highest BCUT2D eigenvalue weighted by molar-refractivity contribution is 7.99. The summed E-state index contributed by atoms with van der Waals surface area (Å²) < 4.78 is 5.49. The molecule has 1 aromatic carbocycles. The first-order valence-electron chi connectivity index (χ1n) is 5.34. The quantitative estimate of drug-likeness (QED) is 0.899. The average molecular weight is 247 g/mol. The van der Waals surface area contributed by atoms with Crippen molar-refractivity contribution in [1.82, 2.24) is 4.98 Å². The lowest BCUT2D eigenvalue weighted by atomic mass is 10.3. The first kappa shape index (κ1) is 11.8. The molecule has 0 fully saturated rings. The second-order valence-electron chi connectivity index (χ2n) is 3.34. The summed E-state index contributed by atoms with van der Waals surface area (Å²) in [7, 11) is 0. The van der Waals surface area contributed by atoms with Crippen LogP contribution in [0.15, 0.2) is 52.5 Å². The molecule has 4 heteroatoms. The monoisotopic (exact) mass is 247 g/mol. The van der Waals surface area contributed by atoms with Crippen molar-refractivity contribution in [3.05, 3.63) is 42.6 Å². The van der Waals surface area contributed by atoms with Crippen LogP contribution < -0.4 is 4.74 Å². The molecule has 1 N–H and O–H groups in total. The second-order valence-corrected chi connectivity index (χ2v) is 4.40. The van der Waals surface area contributed by atoms with Crippen molar-refractivity contribution in [2.75, 3.05) is 6.61 Å². The number of nitrogens with zero attached hydrogens (tertiary/aromatic N) is 1. The van der Waals surface area contributed by atoms with Crippen LogP contribution in [0, 0.1) is 0 Å². The van der Waals surface area contributed by atoms with Crippen molar-refractivity contribution in [2.24, 2.45) is 0 Å². The molecule has 17 heavy (non-hydrogen) atoms. The molecule has 0 radical (unpaired) electrons. The summed E-state index contributed by atoms with van der Waals surface area (Å²) in [4.78, 5) is 5.21. The highest BCUT2D eigenvalue weighted by atomic mass is 32.2. The van der Waals surface area contributed by atoms with Crippen LogP contribution in [0.3, 0.4) is 0 Å². The fourth-order valence-electron chi connectivity index (χ4n) is 1.38. The molecule has 0 unspecified atom stereocenters. The maximum absolute atomic E-state index is 9.40. The van der Waals surface area contributed by atoms with Gasteiger partial charge in [0.25, 0.3) is 0 Å². The van der Waals surface area contributed by atoms with Gasteiger partial charge in [0.1, 0.15) is 10.8 Å². The van der Waals surface area contributed by atoms with Crippen LogP contribution in [-0.2, 0) is 0 Å². The van der Waals surface area contributed by atoms with Gasteiger partial charge in [-0.25, -0.2) is 4.98 Å². The van der Waals surface area contributed by atoms with E-state index in [1.54, 1.807) is 24.4 Å². The van der Waals surface area contributed by atoms with Gasteiger partial charge in [-0.15, -0.1) is 0 Å².